The van der Waals surface area contributed by atoms with Crippen molar-refractivity contribution in [2.75, 3.05) is 6.54 Å². The summed E-state index contributed by atoms with van der Waals surface area (Å²) in [5, 5.41) is 5.74. The molecule has 3 rings (SSSR count). The van der Waals surface area contributed by atoms with Crippen LogP contribution in [-0.4, -0.2) is 35.3 Å². The first-order chi connectivity index (χ1) is 12.5. The van der Waals surface area contributed by atoms with Crippen molar-refractivity contribution in [2.24, 2.45) is 0 Å². The zero-order chi connectivity index (χ0) is 18.7. The molecule has 26 heavy (non-hydrogen) atoms. The molecule has 140 valence electrons. The highest BCUT2D eigenvalue weighted by atomic mass is 16.2. The molecule has 2 aliphatic rings. The average Bonchev–Trinajstić information content (AvgIpc) is 3.09. The van der Waals surface area contributed by atoms with Gasteiger partial charge in [0.2, 0.25) is 5.91 Å². The minimum Gasteiger partial charge on any atom is -0.352 e. The van der Waals surface area contributed by atoms with E-state index in [1.807, 2.05) is 31.2 Å². The number of amides is 4. The molecule has 4 amide bonds. The summed E-state index contributed by atoms with van der Waals surface area (Å²) in [5.74, 6) is -0.609. The number of carbonyl (C=O) groups excluding carboxylic acids is 3. The van der Waals surface area contributed by atoms with Crippen LogP contribution < -0.4 is 10.6 Å². The fraction of sp³-hybridized carbons (Fsp3) is 0.550. The molecule has 0 radical (unpaired) electrons. The Morgan fingerprint density at radius 2 is 2.08 bits per heavy atom. The number of urea groups is 1. The van der Waals surface area contributed by atoms with Crippen LogP contribution in [0.3, 0.4) is 0 Å². The molecule has 1 fully saturated rings. The summed E-state index contributed by atoms with van der Waals surface area (Å²) in [5.41, 5.74) is 0.937. The number of rotatable bonds is 7. The van der Waals surface area contributed by atoms with Gasteiger partial charge in [-0.25, -0.2) is 4.79 Å². The van der Waals surface area contributed by atoms with Crippen molar-refractivity contribution < 1.29 is 14.4 Å². The number of nitrogens with one attached hydrogen (secondary N) is 2. The van der Waals surface area contributed by atoms with Gasteiger partial charge in [0.25, 0.3) is 5.91 Å². The zero-order valence-electron chi connectivity index (χ0n) is 15.5. The van der Waals surface area contributed by atoms with Gasteiger partial charge >= 0.3 is 6.03 Å². The van der Waals surface area contributed by atoms with Gasteiger partial charge in [-0.3, -0.25) is 14.5 Å². The highest BCUT2D eigenvalue weighted by Crippen LogP contribution is 2.41. The molecular weight excluding hydrogens is 330 g/mol. The number of aryl methyl sites for hydroxylation is 1. The van der Waals surface area contributed by atoms with Crippen molar-refractivity contribution in [2.45, 2.75) is 64.0 Å². The quantitative estimate of drug-likeness (QED) is 0.581. The number of hydrogen-bond acceptors (Lipinski definition) is 3. The molecule has 1 aliphatic carbocycles. The van der Waals surface area contributed by atoms with E-state index in [1.54, 1.807) is 0 Å². The summed E-state index contributed by atoms with van der Waals surface area (Å²) in [4.78, 5) is 38.7. The van der Waals surface area contributed by atoms with Gasteiger partial charge in [0.15, 0.2) is 0 Å². The molecule has 1 aromatic rings. The maximum Gasteiger partial charge on any atom is 0.325 e. The minimum atomic E-state index is -0.999. The molecule has 0 bridgehead atoms. The third kappa shape index (κ3) is 3.32. The second kappa shape index (κ2) is 7.48. The third-order valence-electron chi connectivity index (χ3n) is 5.37. The van der Waals surface area contributed by atoms with Crippen LogP contribution in [0.5, 0.6) is 0 Å². The van der Waals surface area contributed by atoms with Gasteiger partial charge in [-0.15, -0.1) is 0 Å². The van der Waals surface area contributed by atoms with Crippen molar-refractivity contribution in [3.8, 4) is 0 Å². The lowest BCUT2D eigenvalue weighted by Gasteiger charge is -2.22. The average molecular weight is 357 g/mol. The molecule has 1 spiro atoms. The van der Waals surface area contributed by atoms with E-state index < -0.39 is 11.6 Å². The molecule has 0 aromatic heterocycles. The number of benzene rings is 1. The van der Waals surface area contributed by atoms with Crippen molar-refractivity contribution >= 4 is 17.8 Å². The fourth-order valence-corrected chi connectivity index (χ4v) is 3.97. The van der Waals surface area contributed by atoms with E-state index in [2.05, 4.69) is 17.6 Å². The van der Waals surface area contributed by atoms with Crippen LogP contribution in [0.4, 0.5) is 4.79 Å². The van der Waals surface area contributed by atoms with Gasteiger partial charge in [-0.2, -0.15) is 0 Å². The number of imide groups is 1. The molecule has 2 atom stereocenters. The highest BCUT2D eigenvalue weighted by molar-refractivity contribution is 6.09. The largest absolute Gasteiger partial charge is 0.352 e. The molecule has 1 aromatic carbocycles. The van der Waals surface area contributed by atoms with Gasteiger partial charge in [0, 0.05) is 6.04 Å². The van der Waals surface area contributed by atoms with Crippen LogP contribution in [-0.2, 0) is 21.5 Å². The molecule has 0 unspecified atom stereocenters. The molecule has 1 aliphatic heterocycles. The summed E-state index contributed by atoms with van der Waals surface area (Å²) in [6.45, 7) is 3.86. The summed E-state index contributed by atoms with van der Waals surface area (Å²) in [7, 11) is 0. The Kier molecular flexibility index (Phi) is 5.30. The Morgan fingerprint density at radius 1 is 1.31 bits per heavy atom. The van der Waals surface area contributed by atoms with Crippen LogP contribution in [0.2, 0.25) is 0 Å². The first kappa shape index (κ1) is 18.4. The van der Waals surface area contributed by atoms with E-state index in [0.717, 1.165) is 48.1 Å². The van der Waals surface area contributed by atoms with Crippen molar-refractivity contribution in [1.82, 2.24) is 15.5 Å². The normalized spacial score (nSPS) is 22.5. The molecular formula is C20H27N3O3. The SMILES string of the molecule is CCCCC[C@H](C)NC(=O)CN1C(=O)N[C@]2(CCc3ccccc32)C1=O. The zero-order valence-corrected chi connectivity index (χ0v) is 15.5. The molecule has 1 saturated heterocycles. The predicted octanol–water partition coefficient (Wildman–Crippen LogP) is 2.46. The van der Waals surface area contributed by atoms with Crippen LogP contribution in [0.25, 0.3) is 0 Å². The molecule has 2 N–H and O–H groups in total. The molecule has 1 heterocycles. The maximum absolute atomic E-state index is 13.0. The standard InChI is InChI=1S/C20H27N3O3/c1-3-4-5-8-14(2)21-17(24)13-23-18(25)20(22-19(23)26)12-11-15-9-6-7-10-16(15)20/h6-7,9-10,14H,3-5,8,11-13H2,1-2H3,(H,21,24)(H,22,26)/t14-,20-/m0/s1. The third-order valence-corrected chi connectivity index (χ3v) is 5.37. The van der Waals surface area contributed by atoms with Crippen molar-refractivity contribution in [1.29, 1.82) is 0 Å². The Bertz CT molecular complexity index is 718. The topological polar surface area (TPSA) is 78.5 Å². The van der Waals surface area contributed by atoms with Crippen LogP contribution in [0.15, 0.2) is 24.3 Å². The van der Waals surface area contributed by atoms with Crippen molar-refractivity contribution in [3.63, 3.8) is 0 Å². The number of hydrogen-bond donors (Lipinski definition) is 2. The van der Waals surface area contributed by atoms with Gasteiger partial charge < -0.3 is 10.6 Å². The molecule has 0 saturated carbocycles. The van der Waals surface area contributed by atoms with Gasteiger partial charge in [0.05, 0.1) is 0 Å². The smallest absolute Gasteiger partial charge is 0.325 e. The minimum absolute atomic E-state index is 0.0379. The summed E-state index contributed by atoms with van der Waals surface area (Å²) < 4.78 is 0. The van der Waals surface area contributed by atoms with Gasteiger partial charge in [-0.1, -0.05) is 50.5 Å². The Hall–Kier alpha value is -2.37. The number of unbranched alkanes of at least 4 members (excludes halogenated alkanes) is 2. The lowest BCUT2D eigenvalue weighted by atomic mass is 9.92. The fourth-order valence-electron chi connectivity index (χ4n) is 3.97. The van der Waals surface area contributed by atoms with E-state index in [9.17, 15) is 14.4 Å². The van der Waals surface area contributed by atoms with Crippen LogP contribution in [0, 0.1) is 0 Å². The highest BCUT2D eigenvalue weighted by Gasteiger charge is 2.55. The monoisotopic (exact) mass is 357 g/mol. The maximum atomic E-state index is 13.0. The summed E-state index contributed by atoms with van der Waals surface area (Å²) >= 11 is 0. The van der Waals surface area contributed by atoms with E-state index in [1.165, 1.54) is 0 Å². The van der Waals surface area contributed by atoms with E-state index in [-0.39, 0.29) is 24.4 Å². The van der Waals surface area contributed by atoms with E-state index in [0.29, 0.717) is 6.42 Å². The number of nitrogens with zero attached hydrogens (tertiary/aromatic N) is 1. The second-order valence-electron chi connectivity index (χ2n) is 7.35. The summed E-state index contributed by atoms with van der Waals surface area (Å²) in [6.07, 6.45) is 5.51. The Labute approximate surface area is 154 Å². The molecule has 6 heteroatoms. The number of carbonyl (C=O) groups is 3. The van der Waals surface area contributed by atoms with Crippen LogP contribution >= 0.6 is 0 Å². The number of fused-ring (bicyclic) bond motifs is 2. The summed E-state index contributed by atoms with van der Waals surface area (Å²) in [6, 6.07) is 7.23. The van der Waals surface area contributed by atoms with Crippen molar-refractivity contribution in [3.05, 3.63) is 35.4 Å². The Balaban J connectivity index is 1.64. The molecule has 6 nitrogen and oxygen atoms in total. The van der Waals surface area contributed by atoms with E-state index >= 15 is 0 Å². The predicted molar refractivity (Wildman–Crippen MR) is 98.4 cm³/mol. The van der Waals surface area contributed by atoms with E-state index in [4.69, 9.17) is 0 Å². The first-order valence-electron chi connectivity index (χ1n) is 9.50. The first-order valence-corrected chi connectivity index (χ1v) is 9.50. The second-order valence-corrected chi connectivity index (χ2v) is 7.35. The van der Waals surface area contributed by atoms with Crippen LogP contribution in [0.1, 0.15) is 57.1 Å². The lowest BCUT2D eigenvalue weighted by molar-refractivity contribution is -0.135. The Morgan fingerprint density at radius 3 is 2.85 bits per heavy atom. The van der Waals surface area contributed by atoms with Gasteiger partial charge in [0.1, 0.15) is 12.1 Å². The van der Waals surface area contributed by atoms with Gasteiger partial charge in [-0.05, 0) is 37.3 Å². The lowest BCUT2D eigenvalue weighted by Crippen LogP contribution is -2.45.